The van der Waals surface area contributed by atoms with E-state index >= 15 is 0 Å². The molecule has 16 heavy (non-hydrogen) atoms. The minimum atomic E-state index is -0.783. The van der Waals surface area contributed by atoms with Gasteiger partial charge in [0.25, 0.3) is 5.56 Å². The molecule has 88 valence electrons. The highest BCUT2D eigenvalue weighted by atomic mass is 16.5. The van der Waals surface area contributed by atoms with Crippen LogP contribution >= 0.6 is 0 Å². The van der Waals surface area contributed by atoms with Crippen LogP contribution in [0.5, 0.6) is 0 Å². The van der Waals surface area contributed by atoms with Crippen LogP contribution < -0.4 is 11.2 Å². The topological polar surface area (TPSA) is 84.3 Å². The van der Waals surface area contributed by atoms with E-state index < -0.39 is 17.0 Å². The van der Waals surface area contributed by atoms with E-state index in [1.807, 2.05) is 0 Å². The average molecular weight is 226 g/mol. The molecule has 2 rings (SSSR count). The molecule has 1 aromatic heterocycles. The Morgan fingerprint density at radius 3 is 3.00 bits per heavy atom. The maximum absolute atomic E-state index is 11.6. The lowest BCUT2D eigenvalue weighted by Gasteiger charge is -2.26. The summed E-state index contributed by atoms with van der Waals surface area (Å²) in [6.07, 6.45) is 2.49. The number of aromatic nitrogens is 2. The van der Waals surface area contributed by atoms with Gasteiger partial charge in [0, 0.05) is 12.3 Å². The van der Waals surface area contributed by atoms with E-state index in [9.17, 15) is 9.59 Å². The summed E-state index contributed by atoms with van der Waals surface area (Å²) in [6, 6.07) is 1.28. The van der Waals surface area contributed by atoms with Gasteiger partial charge in [0.1, 0.15) is 5.72 Å². The van der Waals surface area contributed by atoms with Crippen LogP contribution in [0.3, 0.4) is 0 Å². The van der Waals surface area contributed by atoms with Crippen LogP contribution in [0.2, 0.25) is 0 Å². The van der Waals surface area contributed by atoms with Crippen LogP contribution in [0.1, 0.15) is 19.8 Å². The molecular formula is C10H14N2O4. The molecule has 2 atom stereocenters. The predicted molar refractivity (Wildman–Crippen MR) is 56.2 cm³/mol. The summed E-state index contributed by atoms with van der Waals surface area (Å²) in [7, 11) is 0. The molecule has 2 N–H and O–H groups in total. The zero-order valence-electron chi connectivity index (χ0n) is 8.97. The second-order valence-corrected chi connectivity index (χ2v) is 4.12. The van der Waals surface area contributed by atoms with E-state index in [2.05, 4.69) is 4.98 Å². The van der Waals surface area contributed by atoms with Crippen molar-refractivity contribution in [2.45, 2.75) is 31.6 Å². The Bertz CT molecular complexity index is 492. The van der Waals surface area contributed by atoms with Gasteiger partial charge in [-0.1, -0.05) is 0 Å². The molecule has 1 aromatic rings. The molecule has 0 saturated carbocycles. The molecule has 1 saturated heterocycles. The summed E-state index contributed by atoms with van der Waals surface area (Å²) in [5.41, 5.74) is -1.70. The highest BCUT2D eigenvalue weighted by Crippen LogP contribution is 2.32. The van der Waals surface area contributed by atoms with Gasteiger partial charge in [-0.15, -0.1) is 0 Å². The average Bonchev–Trinajstić information content (AvgIpc) is 2.61. The Balaban J connectivity index is 2.37. The SMILES string of the molecule is C[C@]1(n2ccc(=O)[nH]c2=O)CC[C@@H](CO)O1. The quantitative estimate of drug-likeness (QED) is 0.704. The number of hydrogen-bond acceptors (Lipinski definition) is 4. The normalized spacial score (nSPS) is 29.5. The fourth-order valence-electron chi connectivity index (χ4n) is 2.00. The van der Waals surface area contributed by atoms with Gasteiger partial charge in [-0.05, 0) is 19.8 Å². The van der Waals surface area contributed by atoms with Crippen molar-refractivity contribution in [2.75, 3.05) is 6.61 Å². The molecule has 0 radical (unpaired) electrons. The smallest absolute Gasteiger partial charge is 0.330 e. The first-order chi connectivity index (χ1) is 7.55. The number of aromatic amines is 1. The van der Waals surface area contributed by atoms with Crippen LogP contribution in [0.15, 0.2) is 21.9 Å². The summed E-state index contributed by atoms with van der Waals surface area (Å²) < 4.78 is 6.95. The van der Waals surface area contributed by atoms with Gasteiger partial charge >= 0.3 is 5.69 Å². The van der Waals surface area contributed by atoms with Crippen LogP contribution in [-0.4, -0.2) is 27.4 Å². The molecule has 0 bridgehead atoms. The number of aliphatic hydroxyl groups excluding tert-OH is 1. The van der Waals surface area contributed by atoms with Crippen LogP contribution in [0, 0.1) is 0 Å². The molecule has 0 unspecified atom stereocenters. The summed E-state index contributed by atoms with van der Waals surface area (Å²) >= 11 is 0. The summed E-state index contributed by atoms with van der Waals surface area (Å²) in [6.45, 7) is 1.70. The molecule has 6 heteroatoms. The molecule has 2 heterocycles. The number of rotatable bonds is 2. The maximum atomic E-state index is 11.6. The highest BCUT2D eigenvalue weighted by Gasteiger charge is 2.37. The second-order valence-electron chi connectivity index (χ2n) is 4.12. The lowest BCUT2D eigenvalue weighted by atomic mass is 10.1. The molecule has 0 spiro atoms. The number of nitrogens with one attached hydrogen (secondary N) is 1. The first-order valence-corrected chi connectivity index (χ1v) is 5.16. The van der Waals surface area contributed by atoms with Gasteiger partial charge in [-0.3, -0.25) is 14.3 Å². The van der Waals surface area contributed by atoms with Crippen molar-refractivity contribution in [2.24, 2.45) is 0 Å². The molecule has 1 aliphatic rings. The van der Waals surface area contributed by atoms with Crippen LogP contribution in [0.25, 0.3) is 0 Å². The van der Waals surface area contributed by atoms with Crippen LogP contribution in [-0.2, 0) is 10.5 Å². The summed E-state index contributed by atoms with van der Waals surface area (Å²) in [5, 5.41) is 8.99. The molecule has 1 fully saturated rings. The molecule has 0 aromatic carbocycles. The monoisotopic (exact) mass is 226 g/mol. The number of nitrogens with zero attached hydrogens (tertiary/aromatic N) is 1. The van der Waals surface area contributed by atoms with Gasteiger partial charge in [-0.2, -0.15) is 0 Å². The molecule has 1 aliphatic heterocycles. The molecule has 6 nitrogen and oxygen atoms in total. The molecule has 0 aliphatic carbocycles. The predicted octanol–water partition coefficient (Wildman–Crippen LogP) is -0.619. The molecule has 0 amide bonds. The van der Waals surface area contributed by atoms with E-state index in [-0.39, 0.29) is 12.7 Å². The summed E-state index contributed by atoms with van der Waals surface area (Å²) in [4.78, 5) is 24.7. The fourth-order valence-corrected chi connectivity index (χ4v) is 2.00. The number of ether oxygens (including phenoxy) is 1. The van der Waals surface area contributed by atoms with Crippen molar-refractivity contribution in [1.29, 1.82) is 0 Å². The third-order valence-corrected chi connectivity index (χ3v) is 2.89. The van der Waals surface area contributed by atoms with E-state index in [4.69, 9.17) is 9.84 Å². The lowest BCUT2D eigenvalue weighted by Crippen LogP contribution is -2.42. The van der Waals surface area contributed by atoms with Crippen molar-refractivity contribution in [3.05, 3.63) is 33.1 Å². The maximum Gasteiger partial charge on any atom is 0.330 e. The van der Waals surface area contributed by atoms with Gasteiger partial charge < -0.3 is 9.84 Å². The first kappa shape index (κ1) is 11.1. The van der Waals surface area contributed by atoms with Crippen molar-refractivity contribution in [3.63, 3.8) is 0 Å². The Hall–Kier alpha value is -1.40. The number of H-pyrrole nitrogens is 1. The Kier molecular flexibility index (Phi) is 2.69. The zero-order valence-corrected chi connectivity index (χ0v) is 8.97. The van der Waals surface area contributed by atoms with Crippen molar-refractivity contribution < 1.29 is 9.84 Å². The van der Waals surface area contributed by atoms with E-state index in [1.165, 1.54) is 16.8 Å². The van der Waals surface area contributed by atoms with Crippen molar-refractivity contribution in [3.8, 4) is 0 Å². The highest BCUT2D eigenvalue weighted by molar-refractivity contribution is 4.90. The third kappa shape index (κ3) is 1.81. The number of hydrogen-bond donors (Lipinski definition) is 2. The van der Waals surface area contributed by atoms with Gasteiger partial charge in [0.15, 0.2) is 0 Å². The zero-order chi connectivity index (χ0) is 11.8. The third-order valence-electron chi connectivity index (χ3n) is 2.89. The lowest BCUT2D eigenvalue weighted by molar-refractivity contribution is -0.100. The second kappa shape index (κ2) is 3.88. The number of aliphatic hydroxyl groups is 1. The Morgan fingerprint density at radius 1 is 1.69 bits per heavy atom. The van der Waals surface area contributed by atoms with Crippen LogP contribution in [0.4, 0.5) is 0 Å². The standard InChI is InChI=1S/C10H14N2O4/c1-10(4-2-7(6-13)16-10)12-5-3-8(14)11-9(12)15/h3,5,7,13H,2,4,6H2,1H3,(H,11,14,15)/t7-,10+/m0/s1. The van der Waals surface area contributed by atoms with Crippen molar-refractivity contribution in [1.82, 2.24) is 9.55 Å². The minimum absolute atomic E-state index is 0.0618. The largest absolute Gasteiger partial charge is 0.394 e. The Morgan fingerprint density at radius 2 is 2.44 bits per heavy atom. The van der Waals surface area contributed by atoms with E-state index in [0.717, 1.165) is 0 Å². The minimum Gasteiger partial charge on any atom is -0.394 e. The van der Waals surface area contributed by atoms with E-state index in [1.54, 1.807) is 6.92 Å². The van der Waals surface area contributed by atoms with Gasteiger partial charge in [0.2, 0.25) is 0 Å². The molecular weight excluding hydrogens is 212 g/mol. The first-order valence-electron chi connectivity index (χ1n) is 5.16. The Labute approximate surface area is 91.5 Å². The fraction of sp³-hybridized carbons (Fsp3) is 0.600. The van der Waals surface area contributed by atoms with Gasteiger partial charge in [-0.25, -0.2) is 4.79 Å². The van der Waals surface area contributed by atoms with E-state index in [0.29, 0.717) is 12.8 Å². The van der Waals surface area contributed by atoms with Crippen molar-refractivity contribution >= 4 is 0 Å². The van der Waals surface area contributed by atoms with Gasteiger partial charge in [0.05, 0.1) is 12.7 Å². The summed E-state index contributed by atoms with van der Waals surface area (Å²) in [5.74, 6) is 0.